The molecule has 116 valence electrons. The van der Waals surface area contributed by atoms with E-state index in [9.17, 15) is 4.79 Å². The zero-order chi connectivity index (χ0) is 15.5. The zero-order valence-corrected chi connectivity index (χ0v) is 12.4. The Balaban J connectivity index is 1.61. The number of likely N-dealkylation sites (tertiary alicyclic amines) is 1. The average Bonchev–Trinajstić information content (AvgIpc) is 3.01. The molecule has 1 aliphatic heterocycles. The molecule has 1 saturated heterocycles. The van der Waals surface area contributed by atoms with Crippen molar-refractivity contribution in [1.29, 1.82) is 0 Å². The quantitative estimate of drug-likeness (QED) is 0.927. The van der Waals surface area contributed by atoms with Crippen molar-refractivity contribution in [2.45, 2.75) is 18.8 Å². The summed E-state index contributed by atoms with van der Waals surface area (Å²) < 4.78 is 9.91. The second kappa shape index (κ2) is 6.05. The maximum Gasteiger partial charge on any atom is 0.255 e. The van der Waals surface area contributed by atoms with Crippen LogP contribution >= 0.6 is 0 Å². The number of amides is 1. The van der Waals surface area contributed by atoms with Gasteiger partial charge < -0.3 is 19.9 Å². The van der Waals surface area contributed by atoms with E-state index in [4.69, 9.17) is 15.0 Å². The van der Waals surface area contributed by atoms with E-state index in [0.29, 0.717) is 36.3 Å². The fourth-order valence-corrected chi connectivity index (χ4v) is 2.68. The molecule has 0 aliphatic carbocycles. The van der Waals surface area contributed by atoms with E-state index in [1.165, 1.54) is 0 Å². The van der Waals surface area contributed by atoms with Crippen LogP contribution in [0.5, 0.6) is 5.88 Å². The number of pyridine rings is 1. The highest BCUT2D eigenvalue weighted by atomic mass is 16.5. The maximum absolute atomic E-state index is 12.4. The lowest BCUT2D eigenvalue weighted by Gasteiger charge is -2.31. The number of rotatable bonds is 3. The third-order valence-corrected chi connectivity index (χ3v) is 3.94. The van der Waals surface area contributed by atoms with Crippen molar-refractivity contribution in [1.82, 2.24) is 15.0 Å². The van der Waals surface area contributed by atoms with Gasteiger partial charge in [-0.3, -0.25) is 4.79 Å². The van der Waals surface area contributed by atoms with Crippen LogP contribution in [0.3, 0.4) is 0 Å². The Kier molecular flexibility index (Phi) is 3.95. The van der Waals surface area contributed by atoms with Crippen LogP contribution in [0.15, 0.2) is 28.9 Å². The summed E-state index contributed by atoms with van der Waals surface area (Å²) in [5.41, 5.74) is 6.99. The summed E-state index contributed by atoms with van der Waals surface area (Å²) in [7, 11) is 1.55. The van der Waals surface area contributed by atoms with E-state index in [1.54, 1.807) is 31.5 Å². The minimum atomic E-state index is -0.00623. The van der Waals surface area contributed by atoms with Gasteiger partial charge in [-0.25, -0.2) is 4.98 Å². The molecule has 0 aromatic carbocycles. The lowest BCUT2D eigenvalue weighted by atomic mass is 9.93. The third kappa shape index (κ3) is 2.88. The van der Waals surface area contributed by atoms with Crippen LogP contribution < -0.4 is 10.5 Å². The molecule has 7 nitrogen and oxygen atoms in total. The fourth-order valence-electron chi connectivity index (χ4n) is 2.68. The second-order valence-corrected chi connectivity index (χ2v) is 5.31. The van der Waals surface area contributed by atoms with Crippen molar-refractivity contribution in [3.05, 3.63) is 35.7 Å². The number of anilines is 1. The van der Waals surface area contributed by atoms with Crippen LogP contribution in [0.2, 0.25) is 0 Å². The summed E-state index contributed by atoms with van der Waals surface area (Å²) in [6, 6.07) is 5.19. The smallest absolute Gasteiger partial charge is 0.255 e. The van der Waals surface area contributed by atoms with Crippen LogP contribution in [-0.2, 0) is 0 Å². The van der Waals surface area contributed by atoms with Crippen LogP contribution in [0, 0.1) is 0 Å². The summed E-state index contributed by atoms with van der Waals surface area (Å²) in [6.45, 7) is 1.37. The lowest BCUT2D eigenvalue weighted by Crippen LogP contribution is -2.38. The monoisotopic (exact) mass is 302 g/mol. The molecule has 0 atom stereocenters. The van der Waals surface area contributed by atoms with E-state index < -0.39 is 0 Å². The Morgan fingerprint density at radius 1 is 1.41 bits per heavy atom. The van der Waals surface area contributed by atoms with Gasteiger partial charge in [-0.1, -0.05) is 5.16 Å². The summed E-state index contributed by atoms with van der Waals surface area (Å²) in [6.07, 6.45) is 3.24. The number of hydrogen-bond donors (Lipinski definition) is 1. The largest absolute Gasteiger partial charge is 0.481 e. The highest BCUT2D eigenvalue weighted by molar-refractivity contribution is 5.94. The Bertz CT molecular complexity index is 645. The van der Waals surface area contributed by atoms with Gasteiger partial charge in [0.1, 0.15) is 0 Å². The third-order valence-electron chi connectivity index (χ3n) is 3.94. The molecule has 1 amide bonds. The SMILES string of the molecule is COc1ccc(C(=O)N2CCC(c3cc(N)on3)CC2)cn1. The minimum Gasteiger partial charge on any atom is -0.481 e. The molecule has 0 unspecified atom stereocenters. The van der Waals surface area contributed by atoms with Crippen molar-refractivity contribution < 1.29 is 14.1 Å². The van der Waals surface area contributed by atoms with Crippen molar-refractivity contribution in [3.63, 3.8) is 0 Å². The number of nitrogens with zero attached hydrogens (tertiary/aromatic N) is 3. The number of carbonyl (C=O) groups is 1. The number of carbonyl (C=O) groups excluding carboxylic acids is 1. The van der Waals surface area contributed by atoms with Crippen LogP contribution in [0.25, 0.3) is 0 Å². The molecule has 0 spiro atoms. The van der Waals surface area contributed by atoms with Gasteiger partial charge >= 0.3 is 0 Å². The molecular weight excluding hydrogens is 284 g/mol. The lowest BCUT2D eigenvalue weighted by molar-refractivity contribution is 0.0711. The predicted octanol–water partition coefficient (Wildman–Crippen LogP) is 1.68. The number of aromatic nitrogens is 2. The molecule has 3 rings (SSSR count). The summed E-state index contributed by atoms with van der Waals surface area (Å²) >= 11 is 0. The first-order chi connectivity index (χ1) is 10.7. The van der Waals surface area contributed by atoms with Gasteiger partial charge in [0.25, 0.3) is 5.91 Å². The fraction of sp³-hybridized carbons (Fsp3) is 0.400. The summed E-state index contributed by atoms with van der Waals surface area (Å²) in [5.74, 6) is 1.11. The van der Waals surface area contributed by atoms with Crippen LogP contribution in [0.1, 0.15) is 34.8 Å². The highest BCUT2D eigenvalue weighted by Gasteiger charge is 2.26. The van der Waals surface area contributed by atoms with Gasteiger partial charge in [-0.15, -0.1) is 0 Å². The average molecular weight is 302 g/mol. The Hall–Kier alpha value is -2.57. The number of ether oxygens (including phenoxy) is 1. The van der Waals surface area contributed by atoms with Gasteiger partial charge in [0.15, 0.2) is 0 Å². The van der Waals surface area contributed by atoms with Crippen LogP contribution in [-0.4, -0.2) is 41.1 Å². The van der Waals surface area contributed by atoms with E-state index in [1.807, 2.05) is 4.90 Å². The zero-order valence-electron chi connectivity index (χ0n) is 12.4. The molecule has 0 bridgehead atoms. The van der Waals surface area contributed by atoms with Crippen molar-refractivity contribution >= 4 is 11.8 Å². The molecule has 2 aromatic rings. The molecule has 22 heavy (non-hydrogen) atoms. The van der Waals surface area contributed by atoms with Gasteiger partial charge in [0.2, 0.25) is 11.8 Å². The number of nitrogens with two attached hydrogens (primary N) is 1. The van der Waals surface area contributed by atoms with E-state index in [2.05, 4.69) is 10.1 Å². The van der Waals surface area contributed by atoms with Crippen LogP contribution in [0.4, 0.5) is 5.88 Å². The standard InChI is InChI=1S/C15H18N4O3/c1-21-14-3-2-11(9-17-14)15(20)19-6-4-10(5-7-19)12-8-13(16)22-18-12/h2-3,8-10H,4-7,16H2,1H3. The van der Waals surface area contributed by atoms with Gasteiger partial charge in [0.05, 0.1) is 18.4 Å². The normalized spacial score (nSPS) is 15.8. The van der Waals surface area contributed by atoms with Crippen molar-refractivity contribution in [3.8, 4) is 5.88 Å². The molecule has 1 fully saturated rings. The molecule has 2 N–H and O–H groups in total. The van der Waals surface area contributed by atoms with E-state index in [-0.39, 0.29) is 5.91 Å². The maximum atomic E-state index is 12.4. The summed E-state index contributed by atoms with van der Waals surface area (Å²) in [5, 5.41) is 3.96. The Morgan fingerprint density at radius 2 is 2.18 bits per heavy atom. The molecular formula is C15H18N4O3. The second-order valence-electron chi connectivity index (χ2n) is 5.31. The molecule has 3 heterocycles. The molecule has 0 radical (unpaired) electrons. The summed E-state index contributed by atoms with van der Waals surface area (Å²) in [4.78, 5) is 18.3. The number of piperidine rings is 1. The first-order valence-electron chi connectivity index (χ1n) is 7.19. The number of hydrogen-bond acceptors (Lipinski definition) is 6. The number of methoxy groups -OCH3 is 1. The molecule has 2 aromatic heterocycles. The highest BCUT2D eigenvalue weighted by Crippen LogP contribution is 2.28. The minimum absolute atomic E-state index is 0.00623. The first kappa shape index (κ1) is 14.4. The Morgan fingerprint density at radius 3 is 2.73 bits per heavy atom. The molecule has 1 aliphatic rings. The van der Waals surface area contributed by atoms with E-state index >= 15 is 0 Å². The molecule has 0 saturated carbocycles. The number of nitrogen functional groups attached to an aromatic ring is 1. The van der Waals surface area contributed by atoms with E-state index in [0.717, 1.165) is 18.5 Å². The van der Waals surface area contributed by atoms with Gasteiger partial charge in [0, 0.05) is 37.3 Å². The van der Waals surface area contributed by atoms with Gasteiger partial charge in [-0.2, -0.15) is 0 Å². The predicted molar refractivity (Wildman–Crippen MR) is 79.6 cm³/mol. The van der Waals surface area contributed by atoms with Crippen molar-refractivity contribution in [2.24, 2.45) is 0 Å². The van der Waals surface area contributed by atoms with Crippen molar-refractivity contribution in [2.75, 3.05) is 25.9 Å². The van der Waals surface area contributed by atoms with Gasteiger partial charge in [-0.05, 0) is 18.9 Å². The first-order valence-corrected chi connectivity index (χ1v) is 7.19. The Labute approximate surface area is 128 Å². The topological polar surface area (TPSA) is 94.5 Å². The molecule has 7 heteroatoms.